The van der Waals surface area contributed by atoms with Gasteiger partial charge in [-0.2, -0.15) is 27.3 Å². The molecule has 0 aliphatic carbocycles. The summed E-state index contributed by atoms with van der Waals surface area (Å²) in [6.07, 6.45) is 2.08. The van der Waals surface area contributed by atoms with Gasteiger partial charge in [-0.15, -0.1) is 11.8 Å². The lowest BCUT2D eigenvalue weighted by Crippen LogP contribution is -2.46. The van der Waals surface area contributed by atoms with Gasteiger partial charge in [-0.25, -0.2) is 21.2 Å². The minimum Gasteiger partial charge on any atom is -0.465 e. The number of esters is 1. The number of rotatable bonds is 22. The molecule has 27 heteroatoms. The van der Waals surface area contributed by atoms with Crippen LogP contribution in [0.3, 0.4) is 0 Å². The van der Waals surface area contributed by atoms with Crippen molar-refractivity contribution in [2.45, 2.75) is 78.7 Å². The second kappa shape index (κ2) is 26.9. The number of carbonyl (C=O) groups excluding carboxylic acids is 1. The Kier molecular flexibility index (Phi) is 20.4. The maximum Gasteiger partial charge on any atom is 0.501 e. The molecular formula is C59H70ClF4N6O11P2S3+. The number of likely N-dealkylation sites (tertiary alicyclic amines) is 1. The van der Waals surface area contributed by atoms with Crippen LogP contribution >= 0.6 is 38.8 Å². The van der Waals surface area contributed by atoms with Gasteiger partial charge >= 0.3 is 26.9 Å². The Balaban J connectivity index is 0.902. The Morgan fingerprint density at radius 1 is 0.849 bits per heavy atom. The van der Waals surface area contributed by atoms with E-state index in [0.717, 1.165) is 28.5 Å². The van der Waals surface area contributed by atoms with Crippen LogP contribution in [0.2, 0.25) is 5.02 Å². The number of halogens is 5. The fourth-order valence-electron chi connectivity index (χ4n) is 11.4. The van der Waals surface area contributed by atoms with Crippen molar-refractivity contribution in [3.63, 3.8) is 0 Å². The number of benzene rings is 5. The number of hydrogen-bond donors (Lipinski definition) is 4. The Bertz CT molecular complexity index is 3670. The Morgan fingerprint density at radius 2 is 1.49 bits per heavy atom. The monoisotopic (exact) mass is 1310 g/mol. The highest BCUT2D eigenvalue weighted by Gasteiger charge is 2.56. The molecule has 464 valence electrons. The Labute approximate surface area is 509 Å². The first-order valence-corrected chi connectivity index (χ1v) is 36.3. The number of anilines is 4. The topological polar surface area (TPSA) is 211 Å². The molecule has 2 atom stereocenters. The molecule has 3 aliphatic rings. The average molecular weight is 1310 g/mol. The fourth-order valence-corrected chi connectivity index (χ4v) is 17.6. The fraction of sp³-hybridized carbons (Fsp3) is 0.407. The smallest absolute Gasteiger partial charge is 0.465 e. The molecular weight excluding hydrogens is 1240 g/mol. The second-order valence-corrected chi connectivity index (χ2v) is 31.5. The number of piperazine rings is 1. The molecule has 4 N–H and O–H groups in total. The van der Waals surface area contributed by atoms with Crippen molar-refractivity contribution in [1.29, 1.82) is 0 Å². The highest BCUT2D eigenvalue weighted by atomic mass is 35.5. The van der Waals surface area contributed by atoms with Crippen molar-refractivity contribution in [3.8, 4) is 22.4 Å². The zero-order valence-electron chi connectivity index (χ0n) is 47.9. The summed E-state index contributed by atoms with van der Waals surface area (Å²) in [4.78, 5) is 49.6. The number of nitrogens with one attached hydrogen (secondary N) is 1. The average Bonchev–Trinajstić information content (AvgIpc) is 1.70. The molecule has 5 aromatic carbocycles. The van der Waals surface area contributed by atoms with Crippen LogP contribution in [-0.2, 0) is 38.3 Å². The quantitative estimate of drug-likeness (QED) is 0.0164. The maximum atomic E-state index is 15.9. The third-order valence-corrected chi connectivity index (χ3v) is 23.3. The largest absolute Gasteiger partial charge is 0.501 e. The number of aromatic nitrogens is 1. The molecule has 6 aromatic rings. The number of piperidine rings is 1. The predicted molar refractivity (Wildman–Crippen MR) is 332 cm³/mol. The molecule has 3 aliphatic heterocycles. The summed E-state index contributed by atoms with van der Waals surface area (Å²) in [7, 11) is -18.0. The van der Waals surface area contributed by atoms with Crippen molar-refractivity contribution >= 4 is 92.5 Å². The zero-order chi connectivity index (χ0) is 61.9. The lowest BCUT2D eigenvalue weighted by Gasteiger charge is -2.37. The van der Waals surface area contributed by atoms with Crippen molar-refractivity contribution in [2.24, 2.45) is 5.92 Å². The van der Waals surface area contributed by atoms with Gasteiger partial charge in [0.1, 0.15) is 17.3 Å². The van der Waals surface area contributed by atoms with Gasteiger partial charge in [0, 0.05) is 95.4 Å². The SMILES string of the molecule is Cc1c(S(C)(=O)=O)c(-c2cc(F)cc(N3CCN(c4ccc(N5CCO[P+]5(O)c5ccc(N[C@H](CCN6CCC(C(=O)OCCCP(=O)(O)O)CC6)CSc6ccccc6)c(S(=O)(=O)C(F)(F)F)c5)cc4)CC3)c2)c(-c2ccc(Cl)cc2)n1C(C)C. The molecule has 0 amide bonds. The highest BCUT2D eigenvalue weighted by molar-refractivity contribution is 7.99. The minimum absolute atomic E-state index is 0.00505. The molecule has 3 fully saturated rings. The van der Waals surface area contributed by atoms with Crippen molar-refractivity contribution in [3.05, 3.63) is 132 Å². The number of ether oxygens (including phenoxy) is 1. The van der Waals surface area contributed by atoms with E-state index in [1.807, 2.05) is 84.0 Å². The summed E-state index contributed by atoms with van der Waals surface area (Å²) >= 11 is 7.71. The maximum absolute atomic E-state index is 15.9. The van der Waals surface area contributed by atoms with E-state index in [0.29, 0.717) is 110 Å². The molecule has 9 rings (SSSR count). The van der Waals surface area contributed by atoms with E-state index in [-0.39, 0.29) is 48.1 Å². The van der Waals surface area contributed by atoms with E-state index in [1.54, 1.807) is 35.9 Å². The van der Waals surface area contributed by atoms with Crippen LogP contribution < -0.4 is 25.1 Å². The number of nitrogens with zero attached hydrogens (tertiary/aromatic N) is 5. The number of alkyl halides is 3. The molecule has 4 heterocycles. The zero-order valence-corrected chi connectivity index (χ0v) is 52.9. The third-order valence-electron chi connectivity index (χ3n) is 15.6. The number of hydrogen-bond acceptors (Lipinski definition) is 15. The van der Waals surface area contributed by atoms with Gasteiger partial charge in [-0.1, -0.05) is 41.9 Å². The van der Waals surface area contributed by atoms with Crippen LogP contribution in [0.4, 0.5) is 40.3 Å². The summed E-state index contributed by atoms with van der Waals surface area (Å²) < 4.78 is 140. The summed E-state index contributed by atoms with van der Waals surface area (Å²) in [6.45, 7) is 9.14. The summed E-state index contributed by atoms with van der Waals surface area (Å²) in [5.74, 6) is -1.05. The van der Waals surface area contributed by atoms with Crippen LogP contribution in [0.25, 0.3) is 22.4 Å². The predicted octanol–water partition coefficient (Wildman–Crippen LogP) is 11.2. The molecule has 3 saturated heterocycles. The van der Waals surface area contributed by atoms with E-state index in [9.17, 15) is 44.3 Å². The molecule has 17 nitrogen and oxygen atoms in total. The van der Waals surface area contributed by atoms with Gasteiger partial charge < -0.3 is 39.1 Å². The molecule has 0 spiro atoms. The summed E-state index contributed by atoms with van der Waals surface area (Å²) in [6, 6.07) is 31.0. The first-order valence-electron chi connectivity index (χ1n) is 28.1. The van der Waals surface area contributed by atoms with Gasteiger partial charge in [0.05, 0.1) is 47.2 Å². The van der Waals surface area contributed by atoms with Crippen LogP contribution in [0.1, 0.15) is 51.3 Å². The normalized spacial score (nSPS) is 18.0. The van der Waals surface area contributed by atoms with Gasteiger partial charge in [-0.05, 0) is 150 Å². The highest BCUT2D eigenvalue weighted by Crippen LogP contribution is 2.63. The molecule has 0 saturated carbocycles. The lowest BCUT2D eigenvalue weighted by atomic mass is 9.96. The van der Waals surface area contributed by atoms with E-state index >= 15 is 4.39 Å². The van der Waals surface area contributed by atoms with E-state index < -0.39 is 75.4 Å². The molecule has 86 heavy (non-hydrogen) atoms. The van der Waals surface area contributed by atoms with Crippen molar-refractivity contribution < 1.29 is 67.7 Å². The number of carbonyl (C=O) groups is 1. The molecule has 1 unspecified atom stereocenters. The second-order valence-electron chi connectivity index (χ2n) is 22.0. The van der Waals surface area contributed by atoms with E-state index in [4.69, 9.17) is 30.6 Å². The first-order chi connectivity index (χ1) is 40.6. The summed E-state index contributed by atoms with van der Waals surface area (Å²) in [5, 5.41) is 3.50. The van der Waals surface area contributed by atoms with Crippen LogP contribution in [-0.4, -0.2) is 142 Å². The third kappa shape index (κ3) is 15.1. The number of thioether (sulfide) groups is 1. The van der Waals surface area contributed by atoms with Crippen LogP contribution in [0.5, 0.6) is 0 Å². The van der Waals surface area contributed by atoms with Gasteiger partial charge in [0.2, 0.25) is 0 Å². The molecule has 1 aromatic heterocycles. The number of sulfone groups is 2. The molecule has 0 radical (unpaired) electrons. The first kappa shape index (κ1) is 65.2. The van der Waals surface area contributed by atoms with Crippen molar-refractivity contribution in [1.82, 2.24) is 9.47 Å². The lowest BCUT2D eigenvalue weighted by molar-refractivity contribution is -0.150. The van der Waals surface area contributed by atoms with Crippen LogP contribution in [0.15, 0.2) is 130 Å². The van der Waals surface area contributed by atoms with Crippen molar-refractivity contribution in [2.75, 3.05) is 104 Å². The Hall–Kier alpha value is -5.23. The standard InChI is InChI=1S/C59H69ClF4N6O11P2S3/c1-40(2)70-41(3)57(85(4,76)77)55(56(70)42-11-13-45(60)14-12-42)44-35-46(61)37-50(36-44)68-29-27-67(28-30-68)48-15-17-49(18-16-48)69-31-33-81-83(69,75)51-19-20-53(54(38-51)86(78,79)59(62,63)64)65-47(39-84-52-9-6-5-7-10-52)23-26-66-24-21-43(22-25-66)58(71)80-32-8-34-82(72,73)74/h5-7,9-20,35-38,40,43,47,65,75H,8,21-34,39H2,1-4H3,(H-,72,73,74)/p+1/t47-,83?/m1/s1. The van der Waals surface area contributed by atoms with E-state index in [1.165, 1.54) is 36.0 Å². The minimum atomic E-state index is -6.01. The summed E-state index contributed by atoms with van der Waals surface area (Å²) in [5.41, 5.74) is -1.42. The molecule has 0 bridgehead atoms. The van der Waals surface area contributed by atoms with Gasteiger partial charge in [-0.3, -0.25) is 9.36 Å². The Morgan fingerprint density at radius 3 is 2.10 bits per heavy atom. The van der Waals surface area contributed by atoms with Crippen LogP contribution in [0, 0.1) is 18.7 Å². The van der Waals surface area contributed by atoms with E-state index in [2.05, 4.69) is 15.1 Å². The van der Waals surface area contributed by atoms with Gasteiger partial charge in [0.15, 0.2) is 15.1 Å². The van der Waals surface area contributed by atoms with Gasteiger partial charge in [0.25, 0.3) is 9.84 Å².